The van der Waals surface area contributed by atoms with Crippen LogP contribution in [-0.4, -0.2) is 18.0 Å². The van der Waals surface area contributed by atoms with Crippen molar-refractivity contribution in [1.82, 2.24) is 5.32 Å². The van der Waals surface area contributed by atoms with Crippen LogP contribution >= 0.6 is 0 Å². The lowest BCUT2D eigenvalue weighted by molar-refractivity contribution is -0.123. The summed E-state index contributed by atoms with van der Waals surface area (Å²) in [6.45, 7) is 3.19. The minimum absolute atomic E-state index is 0.154. The Hall–Kier alpha value is -0.570. The van der Waals surface area contributed by atoms with Crippen molar-refractivity contribution in [2.75, 3.05) is 6.54 Å². The van der Waals surface area contributed by atoms with E-state index in [1.807, 2.05) is 0 Å². The number of carbonyl (C=O) groups excluding carboxylic acids is 1. The van der Waals surface area contributed by atoms with E-state index in [1.165, 1.54) is 32.1 Å². The standard InChI is InChI=1S/C15H28N2O/c1-12-3-5-13(6-4-12)7-10-17-14(18)11-15(16)8-2-9-15/h12-13H,2-11,16H2,1H3,(H,17,18). The van der Waals surface area contributed by atoms with Crippen LogP contribution < -0.4 is 11.1 Å². The molecule has 0 saturated heterocycles. The first-order valence-electron chi connectivity index (χ1n) is 7.63. The zero-order valence-corrected chi connectivity index (χ0v) is 11.7. The van der Waals surface area contributed by atoms with Crippen LogP contribution in [0.25, 0.3) is 0 Å². The fourth-order valence-electron chi connectivity index (χ4n) is 3.22. The zero-order valence-electron chi connectivity index (χ0n) is 11.7. The highest BCUT2D eigenvalue weighted by Crippen LogP contribution is 2.32. The summed E-state index contributed by atoms with van der Waals surface area (Å²) in [6.07, 6.45) is 10.3. The minimum Gasteiger partial charge on any atom is -0.356 e. The molecule has 0 aliphatic heterocycles. The van der Waals surface area contributed by atoms with Gasteiger partial charge in [0.1, 0.15) is 0 Å². The fourth-order valence-corrected chi connectivity index (χ4v) is 3.22. The molecule has 3 nitrogen and oxygen atoms in total. The zero-order chi connectivity index (χ0) is 13.0. The van der Waals surface area contributed by atoms with Crippen molar-refractivity contribution in [2.24, 2.45) is 17.6 Å². The Balaban J connectivity index is 1.56. The number of nitrogens with two attached hydrogens (primary N) is 1. The van der Waals surface area contributed by atoms with Crippen molar-refractivity contribution in [3.63, 3.8) is 0 Å². The Labute approximate surface area is 111 Å². The molecule has 0 aromatic carbocycles. The molecule has 3 heteroatoms. The third kappa shape index (κ3) is 3.98. The molecule has 2 saturated carbocycles. The van der Waals surface area contributed by atoms with E-state index in [1.54, 1.807) is 0 Å². The van der Waals surface area contributed by atoms with Gasteiger partial charge in [-0.05, 0) is 37.5 Å². The monoisotopic (exact) mass is 252 g/mol. The Morgan fingerprint density at radius 1 is 1.28 bits per heavy atom. The molecular formula is C15H28N2O. The highest BCUT2D eigenvalue weighted by molar-refractivity contribution is 5.77. The van der Waals surface area contributed by atoms with Gasteiger partial charge in [0.05, 0.1) is 0 Å². The van der Waals surface area contributed by atoms with E-state index in [2.05, 4.69) is 12.2 Å². The summed E-state index contributed by atoms with van der Waals surface area (Å²) in [4.78, 5) is 11.8. The van der Waals surface area contributed by atoms with Gasteiger partial charge in [0, 0.05) is 18.5 Å². The van der Waals surface area contributed by atoms with Crippen molar-refractivity contribution in [3.8, 4) is 0 Å². The molecule has 0 spiro atoms. The van der Waals surface area contributed by atoms with Crippen molar-refractivity contribution in [2.45, 2.75) is 70.3 Å². The molecule has 0 bridgehead atoms. The maximum Gasteiger partial charge on any atom is 0.221 e. The highest BCUT2D eigenvalue weighted by atomic mass is 16.1. The van der Waals surface area contributed by atoms with Crippen LogP contribution in [-0.2, 0) is 4.79 Å². The second kappa shape index (κ2) is 6.05. The van der Waals surface area contributed by atoms with E-state index in [-0.39, 0.29) is 11.4 Å². The van der Waals surface area contributed by atoms with Crippen LogP contribution in [0.1, 0.15) is 64.7 Å². The number of carbonyl (C=O) groups is 1. The van der Waals surface area contributed by atoms with Crippen molar-refractivity contribution in [3.05, 3.63) is 0 Å². The number of rotatable bonds is 5. The average Bonchev–Trinajstić information content (AvgIpc) is 2.30. The molecule has 0 radical (unpaired) electrons. The molecule has 3 N–H and O–H groups in total. The Morgan fingerprint density at radius 2 is 1.94 bits per heavy atom. The molecule has 2 fully saturated rings. The lowest BCUT2D eigenvalue weighted by atomic mass is 9.75. The molecule has 2 rings (SSSR count). The van der Waals surface area contributed by atoms with Gasteiger partial charge >= 0.3 is 0 Å². The molecule has 1 amide bonds. The topological polar surface area (TPSA) is 55.1 Å². The number of amides is 1. The number of hydrogen-bond acceptors (Lipinski definition) is 2. The Kier molecular flexibility index (Phi) is 4.66. The van der Waals surface area contributed by atoms with Gasteiger partial charge in [0.2, 0.25) is 5.91 Å². The van der Waals surface area contributed by atoms with Gasteiger partial charge in [-0.1, -0.05) is 32.6 Å². The predicted octanol–water partition coefficient (Wildman–Crippen LogP) is 2.59. The number of nitrogens with one attached hydrogen (secondary N) is 1. The van der Waals surface area contributed by atoms with Gasteiger partial charge in [-0.2, -0.15) is 0 Å². The van der Waals surface area contributed by atoms with E-state index in [4.69, 9.17) is 5.73 Å². The number of hydrogen-bond donors (Lipinski definition) is 2. The van der Waals surface area contributed by atoms with Gasteiger partial charge < -0.3 is 11.1 Å². The SMILES string of the molecule is CC1CCC(CCNC(=O)CC2(N)CCC2)CC1. The van der Waals surface area contributed by atoms with Gasteiger partial charge in [0.15, 0.2) is 0 Å². The summed E-state index contributed by atoms with van der Waals surface area (Å²) in [5.41, 5.74) is 5.90. The normalized spacial score (nSPS) is 30.6. The minimum atomic E-state index is -0.176. The molecular weight excluding hydrogens is 224 g/mol. The summed E-state index contributed by atoms with van der Waals surface area (Å²) in [5, 5.41) is 3.05. The van der Waals surface area contributed by atoms with Gasteiger partial charge in [-0.3, -0.25) is 4.79 Å². The first-order valence-corrected chi connectivity index (χ1v) is 7.63. The van der Waals surface area contributed by atoms with E-state index >= 15 is 0 Å². The lowest BCUT2D eigenvalue weighted by Gasteiger charge is -2.37. The van der Waals surface area contributed by atoms with Gasteiger partial charge in [-0.25, -0.2) is 0 Å². The second-order valence-electron chi connectivity index (χ2n) is 6.66. The fraction of sp³-hybridized carbons (Fsp3) is 0.933. The first-order chi connectivity index (χ1) is 8.57. The van der Waals surface area contributed by atoms with E-state index in [0.717, 1.165) is 37.6 Å². The van der Waals surface area contributed by atoms with Crippen LogP contribution in [0.3, 0.4) is 0 Å². The highest BCUT2D eigenvalue weighted by Gasteiger charge is 2.34. The summed E-state index contributed by atoms with van der Waals surface area (Å²) in [5.74, 6) is 1.89. The summed E-state index contributed by atoms with van der Waals surface area (Å²) >= 11 is 0. The molecule has 0 aromatic rings. The lowest BCUT2D eigenvalue weighted by Crippen LogP contribution is -2.50. The molecule has 18 heavy (non-hydrogen) atoms. The van der Waals surface area contributed by atoms with Crippen LogP contribution in [0.4, 0.5) is 0 Å². The molecule has 0 heterocycles. The maximum atomic E-state index is 11.8. The van der Waals surface area contributed by atoms with Crippen molar-refractivity contribution in [1.29, 1.82) is 0 Å². The van der Waals surface area contributed by atoms with Crippen LogP contribution in [0.15, 0.2) is 0 Å². The van der Waals surface area contributed by atoms with E-state index in [9.17, 15) is 4.79 Å². The quantitative estimate of drug-likeness (QED) is 0.790. The molecule has 2 aliphatic rings. The largest absolute Gasteiger partial charge is 0.356 e. The smallest absolute Gasteiger partial charge is 0.221 e. The van der Waals surface area contributed by atoms with Crippen LogP contribution in [0, 0.1) is 11.8 Å². The Bertz CT molecular complexity index is 278. The maximum absolute atomic E-state index is 11.8. The van der Waals surface area contributed by atoms with Crippen molar-refractivity contribution >= 4 is 5.91 Å². The van der Waals surface area contributed by atoms with E-state index in [0.29, 0.717) is 6.42 Å². The third-order valence-electron chi connectivity index (χ3n) is 4.87. The first kappa shape index (κ1) is 13.9. The molecule has 0 atom stereocenters. The molecule has 104 valence electrons. The summed E-state index contributed by atoms with van der Waals surface area (Å²) in [7, 11) is 0. The van der Waals surface area contributed by atoms with Crippen LogP contribution in [0.2, 0.25) is 0 Å². The molecule has 2 aliphatic carbocycles. The molecule has 0 aromatic heterocycles. The third-order valence-corrected chi connectivity index (χ3v) is 4.87. The van der Waals surface area contributed by atoms with Gasteiger partial charge in [0.25, 0.3) is 0 Å². The van der Waals surface area contributed by atoms with Crippen molar-refractivity contribution < 1.29 is 4.79 Å². The summed E-state index contributed by atoms with van der Waals surface area (Å²) in [6, 6.07) is 0. The van der Waals surface area contributed by atoms with Gasteiger partial charge in [-0.15, -0.1) is 0 Å². The second-order valence-corrected chi connectivity index (χ2v) is 6.66. The van der Waals surface area contributed by atoms with Crippen LogP contribution in [0.5, 0.6) is 0 Å². The predicted molar refractivity (Wildman–Crippen MR) is 74.1 cm³/mol. The molecule has 0 unspecified atom stereocenters. The van der Waals surface area contributed by atoms with E-state index < -0.39 is 0 Å². The Morgan fingerprint density at radius 3 is 2.50 bits per heavy atom. The summed E-state index contributed by atoms with van der Waals surface area (Å²) < 4.78 is 0. The average molecular weight is 252 g/mol.